The molecule has 19 heavy (non-hydrogen) atoms. The number of anilines is 1. The van der Waals surface area contributed by atoms with Gasteiger partial charge >= 0.3 is 0 Å². The number of hydrogen-bond acceptors (Lipinski definition) is 2. The van der Waals surface area contributed by atoms with Crippen molar-refractivity contribution in [2.45, 2.75) is 59.4 Å². The number of nitrogens with zero attached hydrogens (tertiary/aromatic N) is 1. The van der Waals surface area contributed by atoms with Crippen LogP contribution in [0, 0.1) is 5.41 Å². The lowest BCUT2D eigenvalue weighted by atomic mass is 9.85. The topological polar surface area (TPSA) is 24.9 Å². The average molecular weight is 283 g/mol. The molecular weight excluding hydrogens is 256 g/mol. The Hall–Kier alpha value is -0.760. The molecular formula is C16H27ClN2. The number of aromatic nitrogens is 1. The summed E-state index contributed by atoms with van der Waals surface area (Å²) in [4.78, 5) is 4.53. The van der Waals surface area contributed by atoms with Gasteiger partial charge in [-0.2, -0.15) is 0 Å². The maximum atomic E-state index is 5.89. The van der Waals surface area contributed by atoms with Gasteiger partial charge in [-0.05, 0) is 28.9 Å². The molecule has 0 aromatic carbocycles. The maximum absolute atomic E-state index is 5.89. The molecule has 1 N–H and O–H groups in total. The van der Waals surface area contributed by atoms with Crippen LogP contribution in [0.1, 0.15) is 53.5 Å². The molecule has 0 aliphatic carbocycles. The molecule has 1 rings (SSSR count). The lowest BCUT2D eigenvalue weighted by Crippen LogP contribution is -2.34. The molecule has 0 spiro atoms. The average Bonchev–Trinajstić information content (AvgIpc) is 2.26. The van der Waals surface area contributed by atoms with Gasteiger partial charge in [-0.25, -0.2) is 4.98 Å². The van der Waals surface area contributed by atoms with Crippen molar-refractivity contribution in [1.29, 1.82) is 0 Å². The third kappa shape index (κ3) is 5.02. The zero-order chi connectivity index (χ0) is 14.7. The van der Waals surface area contributed by atoms with Crippen molar-refractivity contribution < 1.29 is 0 Å². The molecule has 0 aliphatic heterocycles. The molecule has 0 radical (unpaired) electrons. The minimum atomic E-state index is 0.144. The zero-order valence-electron chi connectivity index (χ0n) is 13.0. The van der Waals surface area contributed by atoms with Gasteiger partial charge in [0.25, 0.3) is 0 Å². The number of nitrogens with one attached hydrogen (secondary N) is 1. The summed E-state index contributed by atoms with van der Waals surface area (Å²) in [6.45, 7) is 13.3. The Morgan fingerprint density at radius 2 is 1.79 bits per heavy atom. The van der Waals surface area contributed by atoms with Crippen molar-refractivity contribution in [3.05, 3.63) is 23.9 Å². The van der Waals surface area contributed by atoms with Gasteiger partial charge in [0.05, 0.1) is 0 Å². The van der Waals surface area contributed by atoms with Crippen LogP contribution in [0.2, 0.25) is 0 Å². The highest BCUT2D eigenvalue weighted by atomic mass is 35.5. The van der Waals surface area contributed by atoms with E-state index in [1.165, 1.54) is 5.56 Å². The monoisotopic (exact) mass is 282 g/mol. The second kappa shape index (κ2) is 6.13. The van der Waals surface area contributed by atoms with E-state index in [2.05, 4.69) is 64.0 Å². The molecule has 0 bridgehead atoms. The van der Waals surface area contributed by atoms with Crippen LogP contribution in [-0.4, -0.2) is 16.9 Å². The first-order valence-corrected chi connectivity index (χ1v) is 7.47. The molecule has 0 saturated carbocycles. The van der Waals surface area contributed by atoms with Crippen molar-refractivity contribution in [3.63, 3.8) is 0 Å². The molecule has 1 atom stereocenters. The van der Waals surface area contributed by atoms with Crippen molar-refractivity contribution >= 4 is 17.4 Å². The second-order valence-electron chi connectivity index (χ2n) is 7.22. The molecule has 0 saturated heterocycles. The summed E-state index contributed by atoms with van der Waals surface area (Å²) >= 11 is 5.89. The third-order valence-corrected chi connectivity index (χ3v) is 3.61. The molecule has 1 aromatic rings. The van der Waals surface area contributed by atoms with Crippen LogP contribution in [0.5, 0.6) is 0 Å². The van der Waals surface area contributed by atoms with Gasteiger partial charge < -0.3 is 5.32 Å². The van der Waals surface area contributed by atoms with Gasteiger partial charge in [0.1, 0.15) is 5.82 Å². The SMILES string of the molecule is CC(C)(C)c1ccc(NC(CCCl)C(C)(C)C)nc1. The van der Waals surface area contributed by atoms with E-state index in [0.29, 0.717) is 11.9 Å². The Morgan fingerprint density at radius 3 is 2.16 bits per heavy atom. The van der Waals surface area contributed by atoms with Gasteiger partial charge in [0, 0.05) is 18.1 Å². The van der Waals surface area contributed by atoms with Crippen LogP contribution < -0.4 is 5.32 Å². The summed E-state index contributed by atoms with van der Waals surface area (Å²) in [5.41, 5.74) is 1.56. The predicted octanol–water partition coefficient (Wildman–Crippen LogP) is 4.83. The maximum Gasteiger partial charge on any atom is 0.126 e. The number of halogens is 1. The van der Waals surface area contributed by atoms with Gasteiger partial charge in [-0.1, -0.05) is 47.6 Å². The zero-order valence-corrected chi connectivity index (χ0v) is 13.8. The Labute approximate surface area is 123 Å². The van der Waals surface area contributed by atoms with E-state index in [9.17, 15) is 0 Å². The molecule has 1 aromatic heterocycles. The van der Waals surface area contributed by atoms with Crippen molar-refractivity contribution in [2.24, 2.45) is 5.41 Å². The number of rotatable bonds is 4. The van der Waals surface area contributed by atoms with E-state index in [1.807, 2.05) is 6.20 Å². The first kappa shape index (κ1) is 16.3. The van der Waals surface area contributed by atoms with Crippen LogP contribution >= 0.6 is 11.6 Å². The van der Waals surface area contributed by atoms with E-state index in [1.54, 1.807) is 0 Å². The number of hydrogen-bond donors (Lipinski definition) is 1. The summed E-state index contributed by atoms with van der Waals surface area (Å²) in [5, 5.41) is 3.50. The fraction of sp³-hybridized carbons (Fsp3) is 0.688. The molecule has 0 amide bonds. The first-order valence-electron chi connectivity index (χ1n) is 6.93. The third-order valence-electron chi connectivity index (χ3n) is 3.39. The number of pyridine rings is 1. The van der Waals surface area contributed by atoms with Crippen LogP contribution in [0.3, 0.4) is 0 Å². The van der Waals surface area contributed by atoms with E-state index < -0.39 is 0 Å². The van der Waals surface area contributed by atoms with Gasteiger partial charge in [0.2, 0.25) is 0 Å². The van der Waals surface area contributed by atoms with E-state index in [-0.39, 0.29) is 10.8 Å². The summed E-state index contributed by atoms with van der Waals surface area (Å²) in [6.07, 6.45) is 2.90. The molecule has 0 fully saturated rings. The van der Waals surface area contributed by atoms with E-state index in [0.717, 1.165) is 12.2 Å². The summed E-state index contributed by atoms with van der Waals surface area (Å²) < 4.78 is 0. The number of alkyl halides is 1. The molecule has 3 heteroatoms. The highest BCUT2D eigenvalue weighted by molar-refractivity contribution is 6.17. The van der Waals surface area contributed by atoms with Crippen LogP contribution in [0.25, 0.3) is 0 Å². The standard InChI is InChI=1S/C16H27ClN2/c1-15(2,3)12-7-8-14(18-11-12)19-13(9-10-17)16(4,5)6/h7-8,11,13H,9-10H2,1-6H3,(H,18,19). The summed E-state index contributed by atoms with van der Waals surface area (Å²) in [7, 11) is 0. The summed E-state index contributed by atoms with van der Waals surface area (Å²) in [5.74, 6) is 1.59. The van der Waals surface area contributed by atoms with Gasteiger partial charge in [0.15, 0.2) is 0 Å². The van der Waals surface area contributed by atoms with Gasteiger partial charge in [-0.3, -0.25) is 0 Å². The Balaban J connectivity index is 2.81. The minimum absolute atomic E-state index is 0.144. The molecule has 1 heterocycles. The quantitative estimate of drug-likeness (QED) is 0.800. The Kier molecular flexibility index (Phi) is 5.26. The molecule has 0 aliphatic rings. The molecule has 2 nitrogen and oxygen atoms in total. The van der Waals surface area contributed by atoms with E-state index in [4.69, 9.17) is 11.6 Å². The van der Waals surface area contributed by atoms with Crippen molar-refractivity contribution in [3.8, 4) is 0 Å². The second-order valence-corrected chi connectivity index (χ2v) is 7.60. The Bertz CT molecular complexity index is 385. The van der Waals surface area contributed by atoms with E-state index >= 15 is 0 Å². The largest absolute Gasteiger partial charge is 0.367 e. The van der Waals surface area contributed by atoms with Crippen LogP contribution in [0.4, 0.5) is 5.82 Å². The molecule has 108 valence electrons. The lowest BCUT2D eigenvalue weighted by Gasteiger charge is -2.31. The fourth-order valence-electron chi connectivity index (χ4n) is 1.93. The predicted molar refractivity (Wildman–Crippen MR) is 85.1 cm³/mol. The Morgan fingerprint density at radius 1 is 1.16 bits per heavy atom. The van der Waals surface area contributed by atoms with Crippen LogP contribution in [-0.2, 0) is 5.41 Å². The van der Waals surface area contributed by atoms with Gasteiger partial charge in [-0.15, -0.1) is 11.6 Å². The lowest BCUT2D eigenvalue weighted by molar-refractivity contribution is 0.334. The van der Waals surface area contributed by atoms with Crippen LogP contribution in [0.15, 0.2) is 18.3 Å². The smallest absolute Gasteiger partial charge is 0.126 e. The highest BCUT2D eigenvalue weighted by Gasteiger charge is 2.24. The fourth-order valence-corrected chi connectivity index (χ4v) is 2.15. The minimum Gasteiger partial charge on any atom is -0.367 e. The first-order chi connectivity index (χ1) is 8.64. The van der Waals surface area contributed by atoms with Crippen molar-refractivity contribution in [1.82, 2.24) is 4.98 Å². The van der Waals surface area contributed by atoms with Crippen molar-refractivity contribution in [2.75, 3.05) is 11.2 Å². The summed E-state index contributed by atoms with van der Waals surface area (Å²) in [6, 6.07) is 4.54. The molecule has 1 unspecified atom stereocenters. The normalized spacial score (nSPS) is 14.3. The highest BCUT2D eigenvalue weighted by Crippen LogP contribution is 2.26.